The number of nitrogens with one attached hydrogen (secondary N) is 1. The zero-order chi connectivity index (χ0) is 18.5. The molecular formula is C19H22N4O3. The van der Waals surface area contributed by atoms with Gasteiger partial charge >= 0.3 is 0 Å². The van der Waals surface area contributed by atoms with E-state index in [1.165, 1.54) is 12.1 Å². The van der Waals surface area contributed by atoms with Crippen molar-refractivity contribution in [3.63, 3.8) is 0 Å². The maximum atomic E-state index is 12.2. The summed E-state index contributed by atoms with van der Waals surface area (Å²) in [5, 5.41) is 13.6. The van der Waals surface area contributed by atoms with E-state index in [-0.39, 0.29) is 11.6 Å². The number of hydrogen-bond donors (Lipinski definition) is 1. The highest BCUT2D eigenvalue weighted by Crippen LogP contribution is 2.20. The molecular weight excluding hydrogens is 332 g/mol. The third-order valence-corrected chi connectivity index (χ3v) is 4.50. The molecule has 3 rings (SSSR count). The highest BCUT2D eigenvalue weighted by Gasteiger charge is 2.19. The van der Waals surface area contributed by atoms with Crippen LogP contribution in [-0.4, -0.2) is 48.5 Å². The van der Waals surface area contributed by atoms with Gasteiger partial charge in [0.25, 0.3) is 5.69 Å². The second-order valence-electron chi connectivity index (χ2n) is 6.45. The summed E-state index contributed by atoms with van der Waals surface area (Å²) in [7, 11) is 0. The van der Waals surface area contributed by atoms with Crippen molar-refractivity contribution in [1.29, 1.82) is 0 Å². The number of hydrogen-bond acceptors (Lipinski definition) is 5. The minimum absolute atomic E-state index is 0.0161. The van der Waals surface area contributed by atoms with Crippen molar-refractivity contribution in [2.75, 3.05) is 42.9 Å². The van der Waals surface area contributed by atoms with Crippen LogP contribution in [0.15, 0.2) is 48.5 Å². The Kier molecular flexibility index (Phi) is 5.48. The van der Waals surface area contributed by atoms with Crippen molar-refractivity contribution in [3.8, 4) is 0 Å². The fourth-order valence-corrected chi connectivity index (χ4v) is 2.99. The van der Waals surface area contributed by atoms with Crippen LogP contribution < -0.4 is 10.2 Å². The van der Waals surface area contributed by atoms with Crippen LogP contribution in [0.2, 0.25) is 0 Å². The SMILES string of the molecule is Cc1ccc(NC(=O)CN2CCN(c3ccc([N+](=O)[O-])cc3)CC2)cc1. The van der Waals surface area contributed by atoms with Crippen LogP contribution in [-0.2, 0) is 4.79 Å². The van der Waals surface area contributed by atoms with Crippen LogP contribution >= 0.6 is 0 Å². The maximum Gasteiger partial charge on any atom is 0.269 e. The topological polar surface area (TPSA) is 78.7 Å². The molecule has 0 unspecified atom stereocenters. The number of piperazine rings is 1. The molecule has 2 aromatic carbocycles. The number of nitro benzene ring substituents is 1. The second-order valence-corrected chi connectivity index (χ2v) is 6.45. The molecule has 1 aliphatic heterocycles. The lowest BCUT2D eigenvalue weighted by Crippen LogP contribution is -2.48. The minimum Gasteiger partial charge on any atom is -0.369 e. The van der Waals surface area contributed by atoms with Gasteiger partial charge in [0.15, 0.2) is 0 Å². The second kappa shape index (κ2) is 7.97. The molecule has 7 heteroatoms. The number of aryl methyl sites for hydroxylation is 1. The largest absolute Gasteiger partial charge is 0.369 e. The van der Waals surface area contributed by atoms with Crippen molar-refractivity contribution < 1.29 is 9.72 Å². The van der Waals surface area contributed by atoms with Crippen molar-refractivity contribution in [3.05, 3.63) is 64.2 Å². The minimum atomic E-state index is -0.394. The van der Waals surface area contributed by atoms with Gasteiger partial charge in [-0.15, -0.1) is 0 Å². The molecule has 7 nitrogen and oxygen atoms in total. The molecule has 0 bridgehead atoms. The Bertz CT molecular complexity index is 766. The van der Waals surface area contributed by atoms with E-state index in [9.17, 15) is 14.9 Å². The highest BCUT2D eigenvalue weighted by molar-refractivity contribution is 5.92. The number of rotatable bonds is 5. The molecule has 0 aliphatic carbocycles. The standard InChI is InChI=1S/C19H22N4O3/c1-15-2-4-16(5-3-15)20-19(24)14-21-10-12-22(13-11-21)17-6-8-18(9-7-17)23(25)26/h2-9H,10-14H2,1H3,(H,20,24). The zero-order valence-corrected chi connectivity index (χ0v) is 14.7. The predicted octanol–water partition coefficient (Wildman–Crippen LogP) is 2.66. The average molecular weight is 354 g/mol. The molecule has 1 aliphatic rings. The lowest BCUT2D eigenvalue weighted by atomic mass is 10.2. The first-order chi connectivity index (χ1) is 12.5. The fourth-order valence-electron chi connectivity index (χ4n) is 2.99. The number of benzene rings is 2. The molecule has 1 N–H and O–H groups in total. The first-order valence-corrected chi connectivity index (χ1v) is 8.59. The van der Waals surface area contributed by atoms with Crippen molar-refractivity contribution >= 4 is 23.0 Å². The third-order valence-electron chi connectivity index (χ3n) is 4.50. The van der Waals surface area contributed by atoms with Gasteiger partial charge in [0.1, 0.15) is 0 Å². The summed E-state index contributed by atoms with van der Waals surface area (Å²) >= 11 is 0. The van der Waals surface area contributed by atoms with Crippen LogP contribution in [0.5, 0.6) is 0 Å². The van der Waals surface area contributed by atoms with Crippen molar-refractivity contribution in [1.82, 2.24) is 4.90 Å². The smallest absolute Gasteiger partial charge is 0.269 e. The Hall–Kier alpha value is -2.93. The van der Waals surface area contributed by atoms with Gasteiger partial charge in [-0.25, -0.2) is 0 Å². The summed E-state index contributed by atoms with van der Waals surface area (Å²) < 4.78 is 0. The molecule has 0 atom stereocenters. The summed E-state index contributed by atoms with van der Waals surface area (Å²) in [5.74, 6) is -0.0161. The molecule has 0 spiro atoms. The van der Waals surface area contributed by atoms with Crippen LogP contribution in [0, 0.1) is 17.0 Å². The summed E-state index contributed by atoms with van der Waals surface area (Å²) in [5.41, 5.74) is 3.04. The van der Waals surface area contributed by atoms with Crippen LogP contribution in [0.1, 0.15) is 5.56 Å². The molecule has 0 aromatic heterocycles. The monoisotopic (exact) mass is 354 g/mol. The van der Waals surface area contributed by atoms with E-state index >= 15 is 0 Å². The Morgan fingerprint density at radius 1 is 1.04 bits per heavy atom. The lowest BCUT2D eigenvalue weighted by molar-refractivity contribution is -0.384. The first-order valence-electron chi connectivity index (χ1n) is 8.59. The summed E-state index contributed by atoms with van der Waals surface area (Å²) in [6, 6.07) is 14.3. The summed E-state index contributed by atoms with van der Waals surface area (Å²) in [6.45, 7) is 5.50. The van der Waals surface area contributed by atoms with Gasteiger partial charge in [-0.05, 0) is 31.2 Å². The van der Waals surface area contributed by atoms with Gasteiger partial charge in [0, 0.05) is 49.7 Å². The van der Waals surface area contributed by atoms with Gasteiger partial charge < -0.3 is 10.2 Å². The Morgan fingerprint density at radius 2 is 1.65 bits per heavy atom. The third kappa shape index (κ3) is 4.58. The molecule has 2 aromatic rings. The number of anilines is 2. The quantitative estimate of drug-likeness (QED) is 0.660. The number of non-ortho nitro benzene ring substituents is 1. The van der Waals surface area contributed by atoms with Crippen LogP contribution in [0.4, 0.5) is 17.1 Å². The number of carbonyl (C=O) groups is 1. The van der Waals surface area contributed by atoms with Gasteiger partial charge in [-0.3, -0.25) is 19.8 Å². The first kappa shape index (κ1) is 17.9. The van der Waals surface area contributed by atoms with Crippen LogP contribution in [0.3, 0.4) is 0 Å². The average Bonchev–Trinajstić information content (AvgIpc) is 2.64. The van der Waals surface area contributed by atoms with E-state index < -0.39 is 4.92 Å². The van der Waals surface area contributed by atoms with E-state index in [1.54, 1.807) is 12.1 Å². The molecule has 136 valence electrons. The van der Waals surface area contributed by atoms with E-state index in [4.69, 9.17) is 0 Å². The van der Waals surface area contributed by atoms with Gasteiger partial charge in [0.2, 0.25) is 5.91 Å². The van der Waals surface area contributed by atoms with Gasteiger partial charge in [-0.2, -0.15) is 0 Å². The molecule has 1 saturated heterocycles. The normalized spacial score (nSPS) is 14.9. The van der Waals surface area contributed by atoms with Crippen molar-refractivity contribution in [2.24, 2.45) is 0 Å². The number of carbonyl (C=O) groups excluding carboxylic acids is 1. The number of nitro groups is 1. The molecule has 1 heterocycles. The van der Waals surface area contributed by atoms with Gasteiger partial charge in [-0.1, -0.05) is 17.7 Å². The zero-order valence-electron chi connectivity index (χ0n) is 14.7. The lowest BCUT2D eigenvalue weighted by Gasteiger charge is -2.35. The molecule has 0 saturated carbocycles. The maximum absolute atomic E-state index is 12.2. The fraction of sp³-hybridized carbons (Fsp3) is 0.316. The Labute approximate surface area is 152 Å². The highest BCUT2D eigenvalue weighted by atomic mass is 16.6. The summed E-state index contributed by atoms with van der Waals surface area (Å²) in [6.07, 6.45) is 0. The van der Waals surface area contributed by atoms with Crippen molar-refractivity contribution in [2.45, 2.75) is 6.92 Å². The Balaban J connectivity index is 1.48. The van der Waals surface area contributed by atoms with E-state index in [0.717, 1.165) is 43.1 Å². The molecule has 1 amide bonds. The summed E-state index contributed by atoms with van der Waals surface area (Å²) in [4.78, 5) is 26.8. The van der Waals surface area contributed by atoms with E-state index in [2.05, 4.69) is 15.1 Å². The van der Waals surface area contributed by atoms with Gasteiger partial charge in [0.05, 0.1) is 11.5 Å². The molecule has 26 heavy (non-hydrogen) atoms. The van der Waals surface area contributed by atoms with Crippen LogP contribution in [0.25, 0.3) is 0 Å². The predicted molar refractivity (Wildman–Crippen MR) is 102 cm³/mol. The Morgan fingerprint density at radius 3 is 2.23 bits per heavy atom. The molecule has 0 radical (unpaired) electrons. The number of nitrogens with zero attached hydrogens (tertiary/aromatic N) is 3. The molecule has 1 fully saturated rings. The van der Waals surface area contributed by atoms with E-state index in [0.29, 0.717) is 6.54 Å². The number of amides is 1. The van der Waals surface area contributed by atoms with E-state index in [1.807, 2.05) is 31.2 Å².